The van der Waals surface area contributed by atoms with E-state index in [1.165, 1.54) is 0 Å². The number of hydrogen-bond donors (Lipinski definition) is 3. The van der Waals surface area contributed by atoms with Crippen LogP contribution in [0, 0.1) is 5.92 Å². The lowest BCUT2D eigenvalue weighted by Crippen LogP contribution is -2.46. The van der Waals surface area contributed by atoms with Crippen LogP contribution in [0.1, 0.15) is 54.4 Å². The molecule has 16 heteroatoms. The molecule has 4 aliphatic heterocycles. The van der Waals surface area contributed by atoms with Gasteiger partial charge in [-0.05, 0) is 54.8 Å². The van der Waals surface area contributed by atoms with Crippen LogP contribution in [0.2, 0.25) is 0 Å². The number of ketones is 1. The molecular weight excluding hydrogens is 679 g/mol. The van der Waals surface area contributed by atoms with E-state index in [0.717, 1.165) is 49.4 Å². The second-order valence-corrected chi connectivity index (χ2v) is 13.4. The number of nitrogens with zero attached hydrogens (tertiary/aromatic N) is 6. The van der Waals surface area contributed by atoms with Gasteiger partial charge in [-0.2, -0.15) is 28.1 Å². The van der Waals surface area contributed by atoms with Gasteiger partial charge in [0.25, 0.3) is 5.91 Å². The first kappa shape index (κ1) is 38.1. The third kappa shape index (κ3) is 10.9. The molecule has 13 nitrogen and oxygen atoms in total. The number of rotatable bonds is 2. The maximum absolute atomic E-state index is 13.6. The fourth-order valence-corrected chi connectivity index (χ4v) is 6.39. The zero-order chi connectivity index (χ0) is 37.3. The SMILES string of the molecule is CN(C)C(N1C[C@@H]2NC(=O)c3ccc(cc3)Nc3nc(nc(OCC(F)(F)F)n3)NCc3ccc(cc3)OCCCCCCCC(=O)[C@H]2C1)=[N+](C)C. The Bertz CT molecular complexity index is 1700. The summed E-state index contributed by atoms with van der Waals surface area (Å²) in [5.41, 5.74) is 1.71. The summed E-state index contributed by atoms with van der Waals surface area (Å²) in [7, 11) is 7.81. The number of hydrogen-bond acceptors (Lipinski definition) is 9. The number of carbonyl (C=O) groups excluding carboxylic acids is 2. The molecule has 3 N–H and O–H groups in total. The summed E-state index contributed by atoms with van der Waals surface area (Å²) in [6.07, 6.45) is 0.433. The minimum absolute atomic E-state index is 0.00185. The van der Waals surface area contributed by atoms with Crippen LogP contribution in [0.15, 0.2) is 48.5 Å². The number of carbonyl (C=O) groups is 2. The zero-order valence-corrected chi connectivity index (χ0v) is 30.0. The van der Waals surface area contributed by atoms with Crippen molar-refractivity contribution in [3.05, 3.63) is 59.7 Å². The minimum atomic E-state index is -4.59. The van der Waals surface area contributed by atoms with E-state index in [0.29, 0.717) is 37.4 Å². The van der Waals surface area contributed by atoms with E-state index in [-0.39, 0.29) is 36.0 Å². The van der Waals surface area contributed by atoms with Gasteiger partial charge in [0.05, 0.1) is 59.8 Å². The maximum Gasteiger partial charge on any atom is 0.422 e. The van der Waals surface area contributed by atoms with Gasteiger partial charge in [0.2, 0.25) is 11.9 Å². The number of aromatic nitrogens is 3. The number of amides is 1. The monoisotopic (exact) mass is 726 g/mol. The van der Waals surface area contributed by atoms with E-state index in [9.17, 15) is 22.8 Å². The quantitative estimate of drug-likeness (QED) is 0.193. The summed E-state index contributed by atoms with van der Waals surface area (Å²) in [6, 6.07) is 13.0. The molecule has 7 rings (SSSR count). The maximum atomic E-state index is 13.6. The Labute approximate surface area is 301 Å². The van der Waals surface area contributed by atoms with E-state index < -0.39 is 24.8 Å². The van der Waals surface area contributed by atoms with Crippen molar-refractivity contribution >= 4 is 35.2 Å². The summed E-state index contributed by atoms with van der Waals surface area (Å²) in [6.45, 7) is 0.238. The third-order valence-electron chi connectivity index (χ3n) is 8.73. The standard InChI is InChI=1S/C36H46F3N9O4/c1-46(2)35(47(3)4)48-21-28-29(22-48)42-31(50)25-13-15-26(16-14-25)41-33-43-32(44-34(45-33)52-23-36(37,38)39)40-20-24-11-17-27(18-12-24)51-19-9-7-5-6-8-10-30(28)49/h11-18,28-29H,5-10,19-23H2,1-4H3,(H2-,40,41,42,43,44,45,50)/p+1/t28-,29-/m0/s1. The number of fused-ring (bicyclic) bond motifs is 2. The van der Waals surface area contributed by atoms with E-state index in [4.69, 9.17) is 9.47 Å². The highest BCUT2D eigenvalue weighted by atomic mass is 19.4. The fraction of sp³-hybridized carbons (Fsp3) is 0.500. The molecule has 1 amide bonds. The first-order valence-corrected chi connectivity index (χ1v) is 17.4. The molecule has 1 saturated heterocycles. The first-order valence-electron chi connectivity index (χ1n) is 17.4. The van der Waals surface area contributed by atoms with Gasteiger partial charge < -0.3 is 25.4 Å². The highest BCUT2D eigenvalue weighted by Crippen LogP contribution is 2.24. The van der Waals surface area contributed by atoms with Crippen molar-refractivity contribution in [2.45, 2.75) is 57.3 Å². The summed E-state index contributed by atoms with van der Waals surface area (Å²) in [5.74, 6) is 1.05. The zero-order valence-electron chi connectivity index (χ0n) is 30.0. The van der Waals surface area contributed by atoms with Gasteiger partial charge in [-0.1, -0.05) is 31.4 Å². The summed E-state index contributed by atoms with van der Waals surface area (Å²) >= 11 is 0. The second kappa shape index (κ2) is 17.4. The number of halogens is 3. The van der Waals surface area contributed by atoms with Crippen molar-refractivity contribution in [2.75, 3.05) is 65.1 Å². The van der Waals surface area contributed by atoms with Crippen molar-refractivity contribution in [1.29, 1.82) is 0 Å². The van der Waals surface area contributed by atoms with Crippen LogP contribution in [0.4, 0.5) is 30.8 Å². The van der Waals surface area contributed by atoms with Gasteiger partial charge in [0.1, 0.15) is 11.5 Å². The normalized spacial score (nSPS) is 19.0. The highest BCUT2D eigenvalue weighted by Gasteiger charge is 2.43. The van der Waals surface area contributed by atoms with Crippen LogP contribution in [-0.2, 0) is 11.3 Å². The topological polar surface area (TPSA) is 137 Å². The van der Waals surface area contributed by atoms with Gasteiger partial charge in [0, 0.05) is 24.2 Å². The number of alkyl halides is 3. The van der Waals surface area contributed by atoms with Crippen LogP contribution < -0.4 is 25.4 Å². The number of benzene rings is 2. The predicted molar refractivity (Wildman–Crippen MR) is 190 cm³/mol. The summed E-state index contributed by atoms with van der Waals surface area (Å²) in [4.78, 5) is 43.6. The average molecular weight is 727 g/mol. The smallest absolute Gasteiger partial charge is 0.422 e. The highest BCUT2D eigenvalue weighted by molar-refractivity contribution is 5.95. The molecule has 52 heavy (non-hydrogen) atoms. The number of anilines is 3. The number of Topliss-reactive ketones (excluding diaryl/α,β-unsaturated/α-hetero) is 1. The Morgan fingerprint density at radius 3 is 2.33 bits per heavy atom. The van der Waals surface area contributed by atoms with Crippen LogP contribution in [-0.4, -0.2) is 114 Å². The Morgan fingerprint density at radius 1 is 0.942 bits per heavy atom. The number of ether oxygens (including phenoxy) is 2. The Hall–Kier alpha value is -5.15. The van der Waals surface area contributed by atoms with Gasteiger partial charge in [0.15, 0.2) is 6.61 Å². The predicted octanol–water partition coefficient (Wildman–Crippen LogP) is 4.69. The molecule has 0 saturated carbocycles. The molecule has 0 unspecified atom stereocenters. The summed E-state index contributed by atoms with van der Waals surface area (Å²) < 4.78 is 51.6. The lowest BCUT2D eigenvalue weighted by molar-refractivity contribution is -0.475. The average Bonchev–Trinajstić information content (AvgIpc) is 3.49. The second-order valence-electron chi connectivity index (χ2n) is 13.4. The lowest BCUT2D eigenvalue weighted by Gasteiger charge is -2.21. The van der Waals surface area contributed by atoms with Crippen molar-refractivity contribution in [3.63, 3.8) is 0 Å². The van der Waals surface area contributed by atoms with E-state index in [1.54, 1.807) is 24.3 Å². The molecule has 280 valence electrons. The number of nitrogens with one attached hydrogen (secondary N) is 3. The molecule has 1 aromatic heterocycles. The van der Waals surface area contributed by atoms with E-state index in [1.807, 2.05) is 61.9 Å². The molecule has 0 radical (unpaired) electrons. The minimum Gasteiger partial charge on any atom is -0.494 e. The molecule has 0 aliphatic carbocycles. The van der Waals surface area contributed by atoms with Gasteiger partial charge in [-0.3, -0.25) is 24.0 Å². The van der Waals surface area contributed by atoms with Gasteiger partial charge in [-0.25, -0.2) is 0 Å². The van der Waals surface area contributed by atoms with Crippen molar-refractivity contribution < 1.29 is 36.8 Å². The lowest BCUT2D eigenvalue weighted by atomic mass is 9.94. The van der Waals surface area contributed by atoms with Crippen LogP contribution in [0.3, 0.4) is 0 Å². The Morgan fingerprint density at radius 2 is 1.63 bits per heavy atom. The first-order chi connectivity index (χ1) is 24.8. The molecule has 4 aliphatic rings. The molecular formula is C36H47F3N9O4+. The number of likely N-dealkylation sites (tertiary alicyclic amines) is 1. The molecule has 1 fully saturated rings. The molecule has 5 heterocycles. The van der Waals surface area contributed by atoms with Gasteiger partial charge in [-0.15, -0.1) is 0 Å². The molecule has 6 bridgehead atoms. The van der Waals surface area contributed by atoms with Crippen LogP contribution in [0.5, 0.6) is 11.8 Å². The van der Waals surface area contributed by atoms with Crippen molar-refractivity contribution in [2.24, 2.45) is 5.92 Å². The molecule has 2 aromatic carbocycles. The molecule has 0 spiro atoms. The van der Waals surface area contributed by atoms with E-state index in [2.05, 4.69) is 35.8 Å². The Balaban J connectivity index is 1.38. The fourth-order valence-electron chi connectivity index (χ4n) is 6.39. The third-order valence-corrected chi connectivity index (χ3v) is 8.73. The van der Waals surface area contributed by atoms with Crippen LogP contribution in [0.25, 0.3) is 0 Å². The molecule has 2 atom stereocenters. The summed E-state index contributed by atoms with van der Waals surface area (Å²) in [5, 5.41) is 9.09. The largest absolute Gasteiger partial charge is 0.494 e. The molecule has 3 aromatic rings. The van der Waals surface area contributed by atoms with E-state index >= 15 is 0 Å². The number of guanidine groups is 1. The van der Waals surface area contributed by atoms with Crippen molar-refractivity contribution in [3.8, 4) is 11.8 Å². The van der Waals surface area contributed by atoms with Gasteiger partial charge >= 0.3 is 18.1 Å². The van der Waals surface area contributed by atoms with Crippen molar-refractivity contribution in [1.82, 2.24) is 30.1 Å². The van der Waals surface area contributed by atoms with Crippen LogP contribution >= 0.6 is 0 Å². The Kier molecular flexibility index (Phi) is 12.7.